The Morgan fingerprint density at radius 3 is 2.56 bits per heavy atom. The van der Waals surface area contributed by atoms with Crippen molar-refractivity contribution >= 4 is 0 Å². The Kier molecular flexibility index (Phi) is 4.18. The molecule has 2 rings (SSSR count). The van der Waals surface area contributed by atoms with Crippen molar-refractivity contribution in [1.29, 1.82) is 0 Å². The zero-order valence-electron chi connectivity index (χ0n) is 10.5. The molecule has 3 heteroatoms. The van der Waals surface area contributed by atoms with Crippen LogP contribution in [-0.4, -0.2) is 11.7 Å². The number of furan rings is 1. The number of aliphatic hydroxyl groups is 1. The molecular formula is C15H19NO2. The maximum atomic E-state index is 10.5. The molecule has 2 aromatic rings. The lowest BCUT2D eigenvalue weighted by Gasteiger charge is -2.21. The van der Waals surface area contributed by atoms with Gasteiger partial charge in [0.25, 0.3) is 0 Å². The highest BCUT2D eigenvalue weighted by Gasteiger charge is 2.24. The third kappa shape index (κ3) is 2.47. The van der Waals surface area contributed by atoms with Crippen molar-refractivity contribution in [2.75, 3.05) is 6.54 Å². The van der Waals surface area contributed by atoms with Crippen LogP contribution in [0.25, 0.3) is 0 Å². The Balaban J connectivity index is 2.28. The Morgan fingerprint density at radius 2 is 1.94 bits per heavy atom. The SMILES string of the molecule is CCc1occc1C(O)C(CN)c1ccccc1. The van der Waals surface area contributed by atoms with Crippen LogP contribution in [0.3, 0.4) is 0 Å². The number of aryl methyl sites for hydroxylation is 1. The van der Waals surface area contributed by atoms with E-state index in [2.05, 4.69) is 0 Å². The number of aliphatic hydroxyl groups excluding tert-OH is 1. The van der Waals surface area contributed by atoms with E-state index in [1.165, 1.54) is 0 Å². The number of hydrogen-bond donors (Lipinski definition) is 2. The van der Waals surface area contributed by atoms with Crippen molar-refractivity contribution in [1.82, 2.24) is 0 Å². The molecule has 0 aliphatic heterocycles. The van der Waals surface area contributed by atoms with Crippen molar-refractivity contribution in [2.45, 2.75) is 25.4 Å². The third-order valence-corrected chi connectivity index (χ3v) is 3.28. The van der Waals surface area contributed by atoms with Crippen LogP contribution in [0, 0.1) is 0 Å². The Hall–Kier alpha value is -1.58. The second-order valence-electron chi connectivity index (χ2n) is 4.35. The lowest BCUT2D eigenvalue weighted by atomic mass is 9.89. The van der Waals surface area contributed by atoms with Gasteiger partial charge >= 0.3 is 0 Å². The zero-order chi connectivity index (χ0) is 13.0. The minimum absolute atomic E-state index is 0.103. The molecule has 1 heterocycles. The summed E-state index contributed by atoms with van der Waals surface area (Å²) in [5.41, 5.74) is 7.71. The number of benzene rings is 1. The van der Waals surface area contributed by atoms with Gasteiger partial charge < -0.3 is 15.3 Å². The minimum atomic E-state index is -0.619. The summed E-state index contributed by atoms with van der Waals surface area (Å²) < 4.78 is 5.36. The van der Waals surface area contributed by atoms with Crippen molar-refractivity contribution in [3.63, 3.8) is 0 Å². The molecule has 1 aromatic heterocycles. The molecule has 96 valence electrons. The highest BCUT2D eigenvalue weighted by atomic mass is 16.3. The van der Waals surface area contributed by atoms with Crippen LogP contribution in [0.2, 0.25) is 0 Å². The normalized spacial score (nSPS) is 14.4. The second-order valence-corrected chi connectivity index (χ2v) is 4.35. The fraction of sp³-hybridized carbons (Fsp3) is 0.333. The Morgan fingerprint density at radius 1 is 1.22 bits per heavy atom. The van der Waals surface area contributed by atoms with E-state index in [0.29, 0.717) is 6.54 Å². The molecule has 2 unspecified atom stereocenters. The molecule has 0 saturated heterocycles. The summed E-state index contributed by atoms with van der Waals surface area (Å²) >= 11 is 0. The predicted octanol–water partition coefficient (Wildman–Crippen LogP) is 2.62. The van der Waals surface area contributed by atoms with E-state index in [-0.39, 0.29) is 5.92 Å². The average molecular weight is 245 g/mol. The van der Waals surface area contributed by atoms with Gasteiger partial charge in [-0.1, -0.05) is 37.3 Å². The van der Waals surface area contributed by atoms with Gasteiger partial charge in [-0.3, -0.25) is 0 Å². The molecule has 0 bridgehead atoms. The molecule has 0 spiro atoms. The molecule has 0 fully saturated rings. The average Bonchev–Trinajstić information content (AvgIpc) is 2.89. The largest absolute Gasteiger partial charge is 0.469 e. The van der Waals surface area contributed by atoms with E-state index in [1.54, 1.807) is 6.26 Å². The van der Waals surface area contributed by atoms with Gasteiger partial charge in [0.05, 0.1) is 12.4 Å². The molecule has 0 aliphatic carbocycles. The molecule has 0 saturated carbocycles. The molecule has 0 amide bonds. The summed E-state index contributed by atoms with van der Waals surface area (Å²) in [4.78, 5) is 0. The summed E-state index contributed by atoms with van der Waals surface area (Å²) in [5, 5.41) is 10.5. The van der Waals surface area contributed by atoms with Crippen LogP contribution in [0.15, 0.2) is 47.1 Å². The monoisotopic (exact) mass is 245 g/mol. The third-order valence-electron chi connectivity index (χ3n) is 3.28. The maximum absolute atomic E-state index is 10.5. The van der Waals surface area contributed by atoms with Crippen LogP contribution in [0.4, 0.5) is 0 Å². The first-order valence-corrected chi connectivity index (χ1v) is 6.27. The molecule has 2 atom stereocenters. The van der Waals surface area contributed by atoms with E-state index in [9.17, 15) is 5.11 Å². The molecule has 3 nitrogen and oxygen atoms in total. The summed E-state index contributed by atoms with van der Waals surface area (Å²) in [6, 6.07) is 11.7. The van der Waals surface area contributed by atoms with Crippen LogP contribution in [-0.2, 0) is 6.42 Å². The van der Waals surface area contributed by atoms with Crippen LogP contribution in [0.1, 0.15) is 35.8 Å². The van der Waals surface area contributed by atoms with Gasteiger partial charge in [0.15, 0.2) is 0 Å². The fourth-order valence-corrected chi connectivity index (χ4v) is 2.27. The molecule has 1 aromatic carbocycles. The van der Waals surface area contributed by atoms with E-state index in [1.807, 2.05) is 43.3 Å². The van der Waals surface area contributed by atoms with Crippen molar-refractivity contribution < 1.29 is 9.52 Å². The Bertz CT molecular complexity index is 478. The zero-order valence-corrected chi connectivity index (χ0v) is 10.5. The smallest absolute Gasteiger partial charge is 0.109 e. The van der Waals surface area contributed by atoms with E-state index >= 15 is 0 Å². The molecular weight excluding hydrogens is 226 g/mol. The van der Waals surface area contributed by atoms with Crippen LogP contribution in [0.5, 0.6) is 0 Å². The molecule has 18 heavy (non-hydrogen) atoms. The van der Waals surface area contributed by atoms with Gasteiger partial charge in [-0.15, -0.1) is 0 Å². The lowest BCUT2D eigenvalue weighted by molar-refractivity contribution is 0.145. The summed E-state index contributed by atoms with van der Waals surface area (Å²) in [7, 11) is 0. The first kappa shape index (κ1) is 12.9. The van der Waals surface area contributed by atoms with E-state index in [0.717, 1.165) is 23.3 Å². The highest BCUT2D eigenvalue weighted by molar-refractivity contribution is 5.28. The minimum Gasteiger partial charge on any atom is -0.469 e. The van der Waals surface area contributed by atoms with Gasteiger partial charge in [0.2, 0.25) is 0 Å². The van der Waals surface area contributed by atoms with E-state index < -0.39 is 6.10 Å². The maximum Gasteiger partial charge on any atom is 0.109 e. The summed E-state index contributed by atoms with van der Waals surface area (Å²) in [6.45, 7) is 2.41. The van der Waals surface area contributed by atoms with Crippen molar-refractivity contribution in [3.8, 4) is 0 Å². The predicted molar refractivity (Wildman–Crippen MR) is 71.3 cm³/mol. The molecule has 0 aliphatic rings. The number of rotatable bonds is 5. The van der Waals surface area contributed by atoms with Crippen molar-refractivity contribution in [2.24, 2.45) is 5.73 Å². The van der Waals surface area contributed by atoms with Gasteiger partial charge in [-0.05, 0) is 11.6 Å². The van der Waals surface area contributed by atoms with E-state index in [4.69, 9.17) is 10.2 Å². The topological polar surface area (TPSA) is 59.4 Å². The van der Waals surface area contributed by atoms with Gasteiger partial charge in [-0.2, -0.15) is 0 Å². The Labute approximate surface area is 107 Å². The van der Waals surface area contributed by atoms with Gasteiger partial charge in [-0.25, -0.2) is 0 Å². The molecule has 3 N–H and O–H groups in total. The number of nitrogens with two attached hydrogens (primary N) is 1. The second kappa shape index (κ2) is 5.85. The van der Waals surface area contributed by atoms with Crippen LogP contribution < -0.4 is 5.73 Å². The van der Waals surface area contributed by atoms with Crippen molar-refractivity contribution in [3.05, 3.63) is 59.5 Å². The quantitative estimate of drug-likeness (QED) is 0.851. The first-order chi connectivity index (χ1) is 8.77. The standard InChI is InChI=1S/C15H19NO2/c1-2-14-12(8-9-18-14)15(17)13(10-16)11-6-4-3-5-7-11/h3-9,13,15,17H,2,10,16H2,1H3. The highest BCUT2D eigenvalue weighted by Crippen LogP contribution is 2.32. The summed E-state index contributed by atoms with van der Waals surface area (Å²) in [6.07, 6.45) is 1.77. The lowest BCUT2D eigenvalue weighted by Crippen LogP contribution is -2.20. The molecule has 0 radical (unpaired) electrons. The van der Waals surface area contributed by atoms with Gasteiger partial charge in [0.1, 0.15) is 5.76 Å². The van der Waals surface area contributed by atoms with Crippen LogP contribution >= 0.6 is 0 Å². The fourth-order valence-electron chi connectivity index (χ4n) is 2.27. The number of hydrogen-bond acceptors (Lipinski definition) is 3. The van der Waals surface area contributed by atoms with Gasteiger partial charge in [0, 0.05) is 24.4 Å². The summed E-state index contributed by atoms with van der Waals surface area (Å²) in [5.74, 6) is 0.728. The first-order valence-electron chi connectivity index (χ1n) is 6.27.